The summed E-state index contributed by atoms with van der Waals surface area (Å²) >= 11 is 1.33. The summed E-state index contributed by atoms with van der Waals surface area (Å²) < 4.78 is 42.1. The molecule has 2 unspecified atom stereocenters. The lowest BCUT2D eigenvalue weighted by Crippen LogP contribution is -2.59. The highest BCUT2D eigenvalue weighted by molar-refractivity contribution is 7.92. The number of nitrogens with one attached hydrogen (secondary N) is 2. The Bertz CT molecular complexity index is 1470. The molecule has 0 fully saturated rings. The first-order valence-corrected chi connectivity index (χ1v) is 15.3. The Kier molecular flexibility index (Phi) is 6.51. The molecule has 4 rings (SSSR count). The van der Waals surface area contributed by atoms with Gasteiger partial charge in [0.15, 0.2) is 11.5 Å². The predicted molar refractivity (Wildman–Crippen MR) is 141 cm³/mol. The smallest absolute Gasteiger partial charge is 0.376 e. The molecule has 192 valence electrons. The molecule has 0 radical (unpaired) electrons. The second-order valence-corrected chi connectivity index (χ2v) is 14.3. The number of carbonyl (C=O) groups excluding carboxylic acids is 1. The monoisotopic (exact) mass is 552 g/mol. The summed E-state index contributed by atoms with van der Waals surface area (Å²) in [5.74, 6) is -1.08. The number of amides is 1. The van der Waals surface area contributed by atoms with Gasteiger partial charge >= 0.3 is 19.4 Å². The highest BCUT2D eigenvalue weighted by Crippen LogP contribution is 2.48. The molecule has 1 aromatic carbocycles. The first-order chi connectivity index (χ1) is 16.6. The average Bonchev–Trinajstić information content (AvgIpc) is 3.26. The van der Waals surface area contributed by atoms with Gasteiger partial charge < -0.3 is 10.00 Å². The third-order valence-corrected chi connectivity index (χ3v) is 8.46. The molecule has 3 heterocycles. The van der Waals surface area contributed by atoms with Gasteiger partial charge in [-0.1, -0.05) is 36.5 Å². The van der Waals surface area contributed by atoms with Crippen molar-refractivity contribution in [3.8, 4) is 0 Å². The van der Waals surface area contributed by atoms with Crippen molar-refractivity contribution < 1.29 is 32.4 Å². The number of nitrogens with zero attached hydrogens (tertiary/aromatic N) is 3. The molecule has 2 atom stereocenters. The molecule has 0 aliphatic carbocycles. The lowest BCUT2D eigenvalue weighted by molar-refractivity contribution is -0.769. The predicted octanol–water partition coefficient (Wildman–Crippen LogP) is 3.35. The Morgan fingerprint density at radius 1 is 1.25 bits per heavy atom. The quantitative estimate of drug-likeness (QED) is 0.327. The van der Waals surface area contributed by atoms with E-state index in [1.54, 1.807) is 12.1 Å². The molecule has 2 aliphatic heterocycles. The topological polar surface area (TPSA) is 158 Å². The zero-order valence-electron chi connectivity index (χ0n) is 20.1. The number of aliphatic hydroxyl groups is 1. The van der Waals surface area contributed by atoms with Crippen LogP contribution in [0.1, 0.15) is 32.1 Å². The van der Waals surface area contributed by atoms with Crippen molar-refractivity contribution in [2.24, 2.45) is 15.3 Å². The zero-order chi connectivity index (χ0) is 26.5. The van der Waals surface area contributed by atoms with Crippen LogP contribution in [-0.4, -0.2) is 53.4 Å². The molecule has 0 saturated carbocycles. The summed E-state index contributed by atoms with van der Waals surface area (Å²) in [6.07, 6.45) is 2.53. The molecule has 36 heavy (non-hydrogen) atoms. The van der Waals surface area contributed by atoms with Crippen molar-refractivity contribution in [3.05, 3.63) is 52.4 Å². The van der Waals surface area contributed by atoms with Crippen molar-refractivity contribution in [1.29, 1.82) is 0 Å². The molecule has 11 nitrogen and oxygen atoms in total. The molecule has 1 aromatic heterocycles. The molecule has 2 aliphatic rings. The molecule has 0 saturated heterocycles. The zero-order valence-corrected chi connectivity index (χ0v) is 22.6. The van der Waals surface area contributed by atoms with E-state index in [1.807, 2.05) is 26.2 Å². The maximum Gasteiger partial charge on any atom is 0.376 e. The molecule has 4 N–H and O–H groups in total. The molecule has 0 bridgehead atoms. The molecule has 1 amide bonds. The van der Waals surface area contributed by atoms with Gasteiger partial charge in [-0.25, -0.2) is 13.2 Å². The Morgan fingerprint density at radius 3 is 2.58 bits per heavy atom. The van der Waals surface area contributed by atoms with Crippen molar-refractivity contribution in [2.45, 2.75) is 27.2 Å². The van der Waals surface area contributed by atoms with Crippen LogP contribution >= 0.6 is 18.9 Å². The van der Waals surface area contributed by atoms with Gasteiger partial charge in [0.2, 0.25) is 10.0 Å². The second kappa shape index (κ2) is 8.93. The minimum atomic E-state index is -4.45. The SMILES string of the molecule is CC(C)(C)CC[N+]1(C2=NP(=O)(O)c3cc(NS(C)(=O)=O)ccc3N2)N=C(c2cccs2)C(O)=CC1=O. The Balaban J connectivity index is 1.86. The fraction of sp³-hybridized carbons (Fsp3) is 0.318. The van der Waals surface area contributed by atoms with Crippen LogP contribution in [0.5, 0.6) is 0 Å². The van der Waals surface area contributed by atoms with Gasteiger partial charge in [0.05, 0.1) is 28.2 Å². The van der Waals surface area contributed by atoms with Gasteiger partial charge in [-0.3, -0.25) is 14.6 Å². The number of benzene rings is 1. The third kappa shape index (κ3) is 5.30. The number of aliphatic hydroxyl groups excluding tert-OH is 1. The lowest BCUT2D eigenvalue weighted by atomic mass is 9.92. The average molecular weight is 553 g/mol. The number of guanidine groups is 1. The maximum atomic E-state index is 13.5. The highest BCUT2D eigenvalue weighted by Gasteiger charge is 2.51. The first-order valence-electron chi connectivity index (χ1n) is 10.9. The van der Waals surface area contributed by atoms with E-state index in [2.05, 4.69) is 19.9 Å². The van der Waals surface area contributed by atoms with Crippen molar-refractivity contribution in [3.63, 3.8) is 0 Å². The third-order valence-electron chi connectivity index (χ3n) is 5.52. The van der Waals surface area contributed by atoms with Crippen molar-refractivity contribution in [2.75, 3.05) is 22.8 Å². The van der Waals surface area contributed by atoms with Crippen LogP contribution in [0.25, 0.3) is 0 Å². The van der Waals surface area contributed by atoms with E-state index in [9.17, 15) is 27.8 Å². The highest BCUT2D eigenvalue weighted by atomic mass is 32.2. The van der Waals surface area contributed by atoms with Crippen molar-refractivity contribution in [1.82, 2.24) is 0 Å². The standard InChI is InChI=1S/C22H26N5O6PS2/c1-22(2,3)9-10-27(19(29)13-16(28)20(24-27)18-6-5-11-35-18)21-23-15-8-7-14(26-36(4,32)33)12-17(15)34(30,31)25-21/h5-8,11-13H,9-10H2,1-4H3,(H3-,23,24,25,26,28,29,30,31)/p+1. The number of rotatable bonds is 5. The van der Waals surface area contributed by atoms with E-state index in [4.69, 9.17) is 0 Å². The summed E-state index contributed by atoms with van der Waals surface area (Å²) in [4.78, 5) is 25.0. The number of hydrogen-bond acceptors (Lipinski definition) is 8. The summed E-state index contributed by atoms with van der Waals surface area (Å²) in [6.45, 7) is 6.09. The number of thiophene rings is 1. The van der Waals surface area contributed by atoms with Gasteiger partial charge in [0.1, 0.15) is 6.54 Å². The minimum Gasteiger partial charge on any atom is -0.505 e. The number of anilines is 2. The number of hydrogen-bond donors (Lipinski definition) is 4. The largest absolute Gasteiger partial charge is 0.505 e. The van der Waals surface area contributed by atoms with Crippen LogP contribution in [-0.2, 0) is 19.4 Å². The fourth-order valence-electron chi connectivity index (χ4n) is 3.72. The number of quaternary nitrogens is 1. The van der Waals surface area contributed by atoms with Crippen molar-refractivity contribution >= 4 is 63.1 Å². The van der Waals surface area contributed by atoms with Crippen LogP contribution in [0.2, 0.25) is 0 Å². The first kappa shape index (κ1) is 26.2. The summed E-state index contributed by atoms with van der Waals surface area (Å²) in [5, 5.41) is 19.8. The molecule has 14 heteroatoms. The van der Waals surface area contributed by atoms with E-state index < -0.39 is 28.0 Å². The van der Waals surface area contributed by atoms with Gasteiger partial charge in [-0.2, -0.15) is 0 Å². The van der Waals surface area contributed by atoms with Crippen LogP contribution in [0.3, 0.4) is 0 Å². The molecular weight excluding hydrogens is 525 g/mol. The minimum absolute atomic E-state index is 0.0995. The molecule has 2 aromatic rings. The number of allylic oxidation sites excluding steroid dienone is 1. The Hall–Kier alpha value is -2.83. The van der Waals surface area contributed by atoms with E-state index >= 15 is 0 Å². The Labute approximate surface area is 213 Å². The fourth-order valence-corrected chi connectivity index (χ4v) is 6.30. The van der Waals surface area contributed by atoms with Crippen LogP contribution < -0.4 is 15.3 Å². The Morgan fingerprint density at radius 2 is 1.97 bits per heavy atom. The van der Waals surface area contributed by atoms with Crippen LogP contribution in [0, 0.1) is 5.41 Å². The number of sulfonamides is 1. The van der Waals surface area contributed by atoms with E-state index in [0.29, 0.717) is 11.3 Å². The van der Waals surface area contributed by atoms with Gasteiger partial charge in [0.25, 0.3) is 0 Å². The number of fused-ring (bicyclic) bond motifs is 1. The molecule has 0 spiro atoms. The number of carbonyl (C=O) groups is 1. The summed E-state index contributed by atoms with van der Waals surface area (Å²) in [6, 6.07) is 7.63. The van der Waals surface area contributed by atoms with Gasteiger partial charge in [-0.05, 0) is 35.1 Å². The van der Waals surface area contributed by atoms with Crippen LogP contribution in [0.4, 0.5) is 11.4 Å². The van der Waals surface area contributed by atoms with Crippen LogP contribution in [0.15, 0.2) is 57.4 Å². The normalized spacial score (nSPS) is 24.2. The summed E-state index contributed by atoms with van der Waals surface area (Å²) in [7, 11) is -8.06. The van der Waals surface area contributed by atoms with Gasteiger partial charge in [0, 0.05) is 12.1 Å². The van der Waals surface area contributed by atoms with Gasteiger partial charge in [-0.15, -0.1) is 16.1 Å². The second-order valence-electron chi connectivity index (χ2n) is 9.80. The van der Waals surface area contributed by atoms with E-state index in [0.717, 1.165) is 12.3 Å². The lowest BCUT2D eigenvalue weighted by Gasteiger charge is -2.35. The molecular formula is C22H27N5O6PS2+. The summed E-state index contributed by atoms with van der Waals surface area (Å²) in [5.41, 5.74) is 0.254. The maximum absolute atomic E-state index is 13.5. The van der Waals surface area contributed by atoms with E-state index in [1.165, 1.54) is 29.5 Å². The van der Waals surface area contributed by atoms with E-state index in [-0.39, 0.29) is 46.1 Å².